The molecule has 3 heterocycles. The average molecular weight is 429 g/mol. The SMILES string of the molecule is CCOc1ccc(-n2c(C)nc3c(c2=O)c2nc4ccccc4nc2n3CCOC)cc1. The maximum absolute atomic E-state index is 13.8. The molecule has 5 rings (SSSR count). The Morgan fingerprint density at radius 3 is 2.34 bits per heavy atom. The minimum absolute atomic E-state index is 0.178. The number of methoxy groups -OCH3 is 1. The fourth-order valence-corrected chi connectivity index (χ4v) is 4.02. The van der Waals surface area contributed by atoms with Crippen molar-refractivity contribution in [2.45, 2.75) is 20.4 Å². The number of hydrogen-bond donors (Lipinski definition) is 0. The van der Waals surface area contributed by atoms with Gasteiger partial charge in [0.25, 0.3) is 5.56 Å². The number of benzene rings is 2. The zero-order valence-corrected chi connectivity index (χ0v) is 18.2. The van der Waals surface area contributed by atoms with E-state index in [0.29, 0.717) is 47.8 Å². The molecular weight excluding hydrogens is 406 g/mol. The normalized spacial score (nSPS) is 11.6. The molecule has 0 fully saturated rings. The second kappa shape index (κ2) is 8.05. The van der Waals surface area contributed by atoms with Gasteiger partial charge >= 0.3 is 0 Å². The molecule has 0 spiro atoms. The standard InChI is InChI=1S/C24H23N5O3/c1-4-32-17-11-9-16(10-12-17)29-15(2)25-22-20(24(29)30)21-23(28(22)13-14-31-3)27-19-8-6-5-7-18(19)26-21/h5-12H,4,13-14H2,1-3H3. The van der Waals surface area contributed by atoms with Gasteiger partial charge in [0.1, 0.15) is 22.5 Å². The average Bonchev–Trinajstić information content (AvgIpc) is 3.09. The van der Waals surface area contributed by atoms with E-state index in [-0.39, 0.29) is 5.56 Å². The third kappa shape index (κ3) is 3.20. The number of para-hydroxylation sites is 2. The smallest absolute Gasteiger partial charge is 0.269 e. The maximum atomic E-state index is 13.8. The molecule has 0 amide bonds. The van der Waals surface area contributed by atoms with Gasteiger partial charge in [0.15, 0.2) is 11.3 Å². The van der Waals surface area contributed by atoms with Crippen molar-refractivity contribution in [1.82, 2.24) is 24.1 Å². The molecule has 0 radical (unpaired) electrons. The number of hydrogen-bond acceptors (Lipinski definition) is 6. The summed E-state index contributed by atoms with van der Waals surface area (Å²) in [5, 5.41) is 0.453. The molecule has 8 nitrogen and oxygen atoms in total. The van der Waals surface area contributed by atoms with Crippen molar-refractivity contribution < 1.29 is 9.47 Å². The fraction of sp³-hybridized carbons (Fsp3) is 0.250. The van der Waals surface area contributed by atoms with Crippen LogP contribution < -0.4 is 10.3 Å². The van der Waals surface area contributed by atoms with E-state index < -0.39 is 0 Å². The van der Waals surface area contributed by atoms with Crippen molar-refractivity contribution in [3.05, 3.63) is 64.7 Å². The molecule has 0 saturated heterocycles. The van der Waals surface area contributed by atoms with Gasteiger partial charge in [-0.3, -0.25) is 9.36 Å². The highest BCUT2D eigenvalue weighted by molar-refractivity contribution is 6.04. The Hall–Kier alpha value is -3.78. The van der Waals surface area contributed by atoms with Crippen LogP contribution in [0.15, 0.2) is 53.3 Å². The first-order valence-corrected chi connectivity index (χ1v) is 10.5. The minimum atomic E-state index is -0.178. The van der Waals surface area contributed by atoms with E-state index in [1.54, 1.807) is 11.7 Å². The van der Waals surface area contributed by atoms with Crippen LogP contribution in [0.2, 0.25) is 0 Å². The lowest BCUT2D eigenvalue weighted by atomic mass is 10.2. The van der Waals surface area contributed by atoms with Crippen molar-refractivity contribution in [2.24, 2.45) is 0 Å². The first kappa shape index (κ1) is 20.1. The lowest BCUT2D eigenvalue weighted by Crippen LogP contribution is -2.22. The van der Waals surface area contributed by atoms with E-state index in [9.17, 15) is 4.79 Å². The van der Waals surface area contributed by atoms with Gasteiger partial charge < -0.3 is 14.0 Å². The van der Waals surface area contributed by atoms with E-state index in [1.165, 1.54) is 0 Å². The van der Waals surface area contributed by atoms with Crippen LogP contribution >= 0.6 is 0 Å². The van der Waals surface area contributed by atoms with Crippen molar-refractivity contribution in [2.75, 3.05) is 20.3 Å². The summed E-state index contributed by atoms with van der Waals surface area (Å²) in [5.41, 5.74) is 3.79. The topological polar surface area (TPSA) is 84.1 Å². The van der Waals surface area contributed by atoms with Gasteiger partial charge in [-0.15, -0.1) is 0 Å². The number of aromatic nitrogens is 5. The summed E-state index contributed by atoms with van der Waals surface area (Å²) < 4.78 is 14.4. The molecule has 0 atom stereocenters. The third-order valence-corrected chi connectivity index (χ3v) is 5.46. The van der Waals surface area contributed by atoms with Gasteiger partial charge in [-0.1, -0.05) is 12.1 Å². The van der Waals surface area contributed by atoms with Crippen molar-refractivity contribution in [3.63, 3.8) is 0 Å². The van der Waals surface area contributed by atoms with Gasteiger partial charge in [0.2, 0.25) is 0 Å². The second-order valence-electron chi connectivity index (χ2n) is 7.45. The van der Waals surface area contributed by atoms with Crippen molar-refractivity contribution >= 4 is 33.2 Å². The molecule has 2 aromatic carbocycles. The van der Waals surface area contributed by atoms with E-state index in [4.69, 9.17) is 24.4 Å². The van der Waals surface area contributed by atoms with Crippen LogP contribution in [-0.2, 0) is 11.3 Å². The highest BCUT2D eigenvalue weighted by atomic mass is 16.5. The summed E-state index contributed by atoms with van der Waals surface area (Å²) in [4.78, 5) is 28.2. The first-order chi connectivity index (χ1) is 15.6. The molecule has 8 heteroatoms. The summed E-state index contributed by atoms with van der Waals surface area (Å²) in [6, 6.07) is 15.1. The Labute approximate surface area is 184 Å². The van der Waals surface area contributed by atoms with Crippen molar-refractivity contribution in [3.8, 4) is 11.4 Å². The molecule has 0 unspecified atom stereocenters. The molecule has 0 aliphatic heterocycles. The largest absolute Gasteiger partial charge is 0.494 e. The molecule has 5 aromatic rings. The van der Waals surface area contributed by atoms with E-state index in [2.05, 4.69) is 0 Å². The maximum Gasteiger partial charge on any atom is 0.269 e. The number of nitrogens with zero attached hydrogens (tertiary/aromatic N) is 5. The lowest BCUT2D eigenvalue weighted by molar-refractivity contribution is 0.189. The Balaban J connectivity index is 1.83. The Bertz CT molecular complexity index is 1500. The minimum Gasteiger partial charge on any atom is -0.494 e. The van der Waals surface area contributed by atoms with Gasteiger partial charge in [-0.05, 0) is 50.2 Å². The summed E-state index contributed by atoms with van der Waals surface area (Å²) in [6.45, 7) is 5.33. The zero-order valence-electron chi connectivity index (χ0n) is 18.2. The van der Waals surface area contributed by atoms with Gasteiger partial charge in [0.05, 0.1) is 29.9 Å². The predicted octanol–water partition coefficient (Wildman–Crippen LogP) is 3.64. The molecule has 0 bridgehead atoms. The predicted molar refractivity (Wildman–Crippen MR) is 124 cm³/mol. The third-order valence-electron chi connectivity index (χ3n) is 5.46. The Morgan fingerprint density at radius 1 is 0.938 bits per heavy atom. The first-order valence-electron chi connectivity index (χ1n) is 10.5. The van der Waals surface area contributed by atoms with Crippen LogP contribution in [-0.4, -0.2) is 44.4 Å². The summed E-state index contributed by atoms with van der Waals surface area (Å²) in [7, 11) is 1.65. The molecule has 0 aliphatic carbocycles. The number of ether oxygens (including phenoxy) is 2. The highest BCUT2D eigenvalue weighted by Crippen LogP contribution is 2.26. The van der Waals surface area contributed by atoms with Crippen LogP contribution in [0.1, 0.15) is 12.7 Å². The van der Waals surface area contributed by atoms with E-state index in [1.807, 2.05) is 66.9 Å². The van der Waals surface area contributed by atoms with Gasteiger partial charge in [-0.25, -0.2) is 15.0 Å². The van der Waals surface area contributed by atoms with E-state index in [0.717, 1.165) is 22.5 Å². The van der Waals surface area contributed by atoms with Crippen molar-refractivity contribution in [1.29, 1.82) is 0 Å². The van der Waals surface area contributed by atoms with Crippen LogP contribution in [0, 0.1) is 6.92 Å². The summed E-state index contributed by atoms with van der Waals surface area (Å²) >= 11 is 0. The highest BCUT2D eigenvalue weighted by Gasteiger charge is 2.21. The van der Waals surface area contributed by atoms with Crippen LogP contribution in [0.25, 0.3) is 38.9 Å². The van der Waals surface area contributed by atoms with Gasteiger partial charge in [0, 0.05) is 13.7 Å². The molecule has 162 valence electrons. The molecule has 0 aliphatic rings. The number of aryl methyl sites for hydroxylation is 1. The monoisotopic (exact) mass is 429 g/mol. The fourth-order valence-electron chi connectivity index (χ4n) is 4.02. The van der Waals surface area contributed by atoms with E-state index >= 15 is 0 Å². The van der Waals surface area contributed by atoms with Gasteiger partial charge in [-0.2, -0.15) is 0 Å². The molecule has 0 saturated carbocycles. The lowest BCUT2D eigenvalue weighted by Gasteiger charge is -2.11. The number of rotatable bonds is 6. The molecule has 32 heavy (non-hydrogen) atoms. The number of fused-ring (bicyclic) bond motifs is 4. The second-order valence-corrected chi connectivity index (χ2v) is 7.45. The quantitative estimate of drug-likeness (QED) is 0.410. The molecule has 3 aromatic heterocycles. The molecule has 0 N–H and O–H groups in total. The zero-order chi connectivity index (χ0) is 22.2. The Kier molecular flexibility index (Phi) is 5.07. The summed E-state index contributed by atoms with van der Waals surface area (Å²) in [5.74, 6) is 1.34. The Morgan fingerprint density at radius 2 is 1.66 bits per heavy atom. The summed E-state index contributed by atoms with van der Waals surface area (Å²) in [6.07, 6.45) is 0. The van der Waals surface area contributed by atoms with Crippen LogP contribution in [0.5, 0.6) is 5.75 Å². The van der Waals surface area contributed by atoms with Crippen LogP contribution in [0.3, 0.4) is 0 Å². The molecular formula is C24H23N5O3. The van der Waals surface area contributed by atoms with Crippen LogP contribution in [0.4, 0.5) is 0 Å².